The van der Waals surface area contributed by atoms with Gasteiger partial charge in [0.25, 0.3) is 0 Å². The molecule has 0 bridgehead atoms. The Labute approximate surface area is 166 Å². The van der Waals surface area contributed by atoms with Crippen molar-refractivity contribution in [3.8, 4) is 0 Å². The molecule has 5 nitrogen and oxygen atoms in total. The van der Waals surface area contributed by atoms with Crippen molar-refractivity contribution >= 4 is 36.9 Å². The second kappa shape index (κ2) is 8.72. The van der Waals surface area contributed by atoms with Gasteiger partial charge in [0.1, 0.15) is 0 Å². The van der Waals surface area contributed by atoms with Crippen LogP contribution >= 0.6 is 0 Å². The van der Waals surface area contributed by atoms with E-state index in [2.05, 4.69) is 28.9 Å². The SMILES string of the molecule is Bn1cccc1/C(CCN)=C1N=C(/C=C/c2ccc(NC(C)=O)cc2)C=C\1C. The molecule has 0 saturated heterocycles. The van der Waals surface area contributed by atoms with Gasteiger partial charge in [0, 0.05) is 23.9 Å². The van der Waals surface area contributed by atoms with Crippen LogP contribution in [-0.2, 0) is 4.79 Å². The van der Waals surface area contributed by atoms with Gasteiger partial charge in [-0.05, 0) is 73.6 Å². The Morgan fingerprint density at radius 2 is 2.00 bits per heavy atom. The highest BCUT2D eigenvalue weighted by Gasteiger charge is 2.16. The van der Waals surface area contributed by atoms with Crippen LogP contribution in [0.2, 0.25) is 0 Å². The summed E-state index contributed by atoms with van der Waals surface area (Å²) in [6.45, 7) is 4.17. The number of amides is 1. The summed E-state index contributed by atoms with van der Waals surface area (Å²) in [6.07, 6.45) is 8.94. The zero-order valence-corrected chi connectivity index (χ0v) is 16.6. The fourth-order valence-electron chi connectivity index (χ4n) is 3.28. The molecule has 3 rings (SSSR count). The zero-order chi connectivity index (χ0) is 20.1. The summed E-state index contributed by atoms with van der Waals surface area (Å²) in [5.41, 5.74) is 13.1. The number of anilines is 1. The standard InChI is InChI=1S/C22H25BN4O/c1-15-14-19(10-7-17-5-8-18(9-6-17)25-16(2)28)26-22(15)20(11-12-24)21-4-3-13-27(21)23/h3-10,13-14H,11-12,23-24H2,1-2H3,(H,25,28)/b10-7+,22-20-. The Morgan fingerprint density at radius 3 is 2.61 bits per heavy atom. The fourth-order valence-corrected chi connectivity index (χ4v) is 3.28. The molecule has 1 aliphatic rings. The molecule has 0 radical (unpaired) electrons. The third kappa shape index (κ3) is 4.59. The Kier molecular flexibility index (Phi) is 6.11. The molecule has 142 valence electrons. The maximum Gasteiger partial charge on any atom is 0.223 e. The minimum absolute atomic E-state index is 0.0740. The maximum atomic E-state index is 11.1. The van der Waals surface area contributed by atoms with Gasteiger partial charge in [-0.25, -0.2) is 4.99 Å². The highest BCUT2D eigenvalue weighted by molar-refractivity contribution is 6.11. The number of hydrogen-bond acceptors (Lipinski definition) is 3. The number of nitrogens with two attached hydrogens (primary N) is 1. The number of nitrogens with one attached hydrogen (secondary N) is 1. The van der Waals surface area contributed by atoms with Gasteiger partial charge < -0.3 is 15.5 Å². The summed E-state index contributed by atoms with van der Waals surface area (Å²) >= 11 is 0. The molecular formula is C22H25BN4O. The van der Waals surface area contributed by atoms with Crippen molar-refractivity contribution in [1.82, 2.24) is 4.48 Å². The van der Waals surface area contributed by atoms with E-state index in [9.17, 15) is 4.79 Å². The van der Waals surface area contributed by atoms with Crippen molar-refractivity contribution in [2.75, 3.05) is 11.9 Å². The van der Waals surface area contributed by atoms with Gasteiger partial charge in [-0.15, -0.1) is 0 Å². The van der Waals surface area contributed by atoms with E-state index in [-0.39, 0.29) is 5.91 Å². The Balaban J connectivity index is 1.85. The van der Waals surface area contributed by atoms with Gasteiger partial charge in [0.15, 0.2) is 0 Å². The van der Waals surface area contributed by atoms with Crippen LogP contribution < -0.4 is 11.1 Å². The minimum Gasteiger partial charge on any atom is -0.399 e. The molecule has 28 heavy (non-hydrogen) atoms. The second-order valence-corrected chi connectivity index (χ2v) is 6.87. The lowest BCUT2D eigenvalue weighted by Crippen LogP contribution is -2.05. The first-order valence-electron chi connectivity index (χ1n) is 9.36. The molecule has 1 aromatic heterocycles. The lowest BCUT2D eigenvalue weighted by Gasteiger charge is -2.11. The molecule has 0 fully saturated rings. The van der Waals surface area contributed by atoms with Crippen molar-refractivity contribution in [1.29, 1.82) is 0 Å². The Bertz CT molecular complexity index is 994. The first-order valence-corrected chi connectivity index (χ1v) is 9.36. The number of carbonyl (C=O) groups excluding carboxylic acids is 1. The van der Waals surface area contributed by atoms with Gasteiger partial charge in [-0.3, -0.25) is 4.79 Å². The first kappa shape index (κ1) is 19.6. The van der Waals surface area contributed by atoms with Gasteiger partial charge in [-0.1, -0.05) is 18.2 Å². The average Bonchev–Trinajstić information content (AvgIpc) is 3.24. The minimum atomic E-state index is -0.0740. The third-order valence-electron chi connectivity index (χ3n) is 4.59. The van der Waals surface area contributed by atoms with Crippen molar-refractivity contribution in [2.45, 2.75) is 20.3 Å². The number of aliphatic imine (C=N–C) groups is 1. The number of nitrogens with zero attached hydrogens (tertiary/aromatic N) is 2. The van der Waals surface area contributed by atoms with Gasteiger partial charge in [0.05, 0.1) is 11.4 Å². The molecule has 3 N–H and O–H groups in total. The molecule has 2 heterocycles. The van der Waals surface area contributed by atoms with Gasteiger partial charge >= 0.3 is 0 Å². The molecule has 2 aromatic rings. The Hall–Kier alpha value is -3.12. The highest BCUT2D eigenvalue weighted by Crippen LogP contribution is 2.31. The fraction of sp³-hybridized carbons (Fsp3) is 0.182. The molecule has 0 spiro atoms. The largest absolute Gasteiger partial charge is 0.399 e. The highest BCUT2D eigenvalue weighted by atomic mass is 16.1. The predicted molar refractivity (Wildman–Crippen MR) is 120 cm³/mol. The quantitative estimate of drug-likeness (QED) is 0.765. The van der Waals surface area contributed by atoms with Crippen LogP contribution in [0.1, 0.15) is 31.5 Å². The normalized spacial score (nSPS) is 15.5. The number of rotatable bonds is 6. The van der Waals surface area contributed by atoms with E-state index in [0.717, 1.165) is 40.3 Å². The molecule has 0 aliphatic carbocycles. The average molecular weight is 372 g/mol. The summed E-state index contributed by atoms with van der Waals surface area (Å²) in [6, 6.07) is 11.8. The molecule has 1 amide bonds. The van der Waals surface area contributed by atoms with Crippen LogP contribution in [0.4, 0.5) is 5.69 Å². The summed E-state index contributed by atoms with van der Waals surface area (Å²) in [5, 5.41) is 2.77. The smallest absolute Gasteiger partial charge is 0.223 e. The molecule has 0 atom stereocenters. The van der Waals surface area contributed by atoms with Crippen LogP contribution in [0, 0.1) is 0 Å². The number of hydrogen-bond donors (Lipinski definition) is 2. The second-order valence-electron chi connectivity index (χ2n) is 6.87. The molecule has 1 aliphatic heterocycles. The molecular weight excluding hydrogens is 347 g/mol. The first-order chi connectivity index (χ1) is 13.5. The molecule has 1 aromatic carbocycles. The maximum absolute atomic E-state index is 11.1. The van der Waals surface area contributed by atoms with E-state index in [4.69, 9.17) is 10.7 Å². The van der Waals surface area contributed by atoms with Crippen LogP contribution in [0.3, 0.4) is 0 Å². The summed E-state index contributed by atoms with van der Waals surface area (Å²) < 4.78 is 2.10. The monoisotopic (exact) mass is 372 g/mol. The van der Waals surface area contributed by atoms with E-state index in [1.165, 1.54) is 12.5 Å². The van der Waals surface area contributed by atoms with E-state index >= 15 is 0 Å². The molecule has 0 unspecified atom stereocenters. The van der Waals surface area contributed by atoms with Crippen LogP contribution in [0.5, 0.6) is 0 Å². The number of aromatic nitrogens is 1. The van der Waals surface area contributed by atoms with Crippen molar-refractivity contribution in [3.05, 3.63) is 77.3 Å². The van der Waals surface area contributed by atoms with E-state index in [0.29, 0.717) is 6.54 Å². The van der Waals surface area contributed by atoms with Crippen molar-refractivity contribution < 1.29 is 4.79 Å². The summed E-state index contributed by atoms with van der Waals surface area (Å²) in [7, 11) is 2.04. The topological polar surface area (TPSA) is 72.4 Å². The number of benzene rings is 1. The van der Waals surface area contributed by atoms with E-state index in [1.54, 1.807) is 0 Å². The van der Waals surface area contributed by atoms with Crippen LogP contribution in [0.15, 0.2) is 71.0 Å². The van der Waals surface area contributed by atoms with Crippen LogP contribution in [0.25, 0.3) is 11.6 Å². The van der Waals surface area contributed by atoms with Crippen molar-refractivity contribution in [3.63, 3.8) is 0 Å². The predicted octanol–water partition coefficient (Wildman–Crippen LogP) is 3.02. The third-order valence-corrected chi connectivity index (χ3v) is 4.59. The summed E-state index contributed by atoms with van der Waals surface area (Å²) in [4.78, 5) is 16.0. The zero-order valence-electron chi connectivity index (χ0n) is 16.6. The lowest BCUT2D eigenvalue weighted by atomic mass is 10.0. The van der Waals surface area contributed by atoms with E-state index in [1.807, 2.05) is 56.7 Å². The van der Waals surface area contributed by atoms with Crippen molar-refractivity contribution in [2.24, 2.45) is 10.7 Å². The number of carbonyl (C=O) groups is 1. The lowest BCUT2D eigenvalue weighted by molar-refractivity contribution is -0.114. The van der Waals surface area contributed by atoms with Crippen LogP contribution in [-0.4, -0.2) is 30.6 Å². The Morgan fingerprint density at radius 1 is 1.25 bits per heavy atom. The summed E-state index contributed by atoms with van der Waals surface area (Å²) in [5.74, 6) is -0.0740. The van der Waals surface area contributed by atoms with Gasteiger partial charge in [0.2, 0.25) is 13.9 Å². The molecule has 0 saturated carbocycles. The van der Waals surface area contributed by atoms with Gasteiger partial charge in [-0.2, -0.15) is 0 Å². The van der Waals surface area contributed by atoms with E-state index < -0.39 is 0 Å². The molecule has 6 heteroatoms. The number of allylic oxidation sites excluding steroid dienone is 3.